The third-order valence-electron chi connectivity index (χ3n) is 2.06. The lowest BCUT2D eigenvalue weighted by atomic mass is 10.3. The quantitative estimate of drug-likeness (QED) is 0.574. The van der Waals surface area contributed by atoms with E-state index in [1.807, 2.05) is 0 Å². The van der Waals surface area contributed by atoms with E-state index in [9.17, 15) is 0 Å². The zero-order valence-corrected chi connectivity index (χ0v) is 9.09. The van der Waals surface area contributed by atoms with Gasteiger partial charge in [0.2, 0.25) is 0 Å². The van der Waals surface area contributed by atoms with Crippen LogP contribution < -0.4 is 5.32 Å². The van der Waals surface area contributed by atoms with E-state index in [1.54, 1.807) is 0 Å². The van der Waals surface area contributed by atoms with Gasteiger partial charge in [-0.1, -0.05) is 0 Å². The van der Waals surface area contributed by atoms with Crippen LogP contribution in [-0.2, 0) is 0 Å². The standard InChI is InChI=1S/C9H23N3/c1-9(12(4)5)8-10-6-7-11(2)3/h9-10H,6-8H2,1-5H3. The molecule has 0 saturated carbocycles. The van der Waals surface area contributed by atoms with E-state index < -0.39 is 0 Å². The first-order chi connectivity index (χ1) is 5.54. The number of nitrogens with one attached hydrogen (secondary N) is 1. The Labute approximate surface area is 76.7 Å². The molecule has 12 heavy (non-hydrogen) atoms. The predicted molar refractivity (Wildman–Crippen MR) is 54.6 cm³/mol. The number of hydrogen-bond acceptors (Lipinski definition) is 3. The molecule has 0 heterocycles. The Kier molecular flexibility index (Phi) is 6.34. The molecule has 1 N–H and O–H groups in total. The highest BCUT2D eigenvalue weighted by Crippen LogP contribution is 1.87. The van der Waals surface area contributed by atoms with Crippen LogP contribution in [-0.4, -0.2) is 63.7 Å². The molecule has 3 heteroatoms. The van der Waals surface area contributed by atoms with Crippen LogP contribution in [0.15, 0.2) is 0 Å². The summed E-state index contributed by atoms with van der Waals surface area (Å²) in [5, 5.41) is 3.41. The van der Waals surface area contributed by atoms with E-state index in [4.69, 9.17) is 0 Å². The van der Waals surface area contributed by atoms with Gasteiger partial charge in [0.15, 0.2) is 0 Å². The maximum atomic E-state index is 3.41. The number of likely N-dealkylation sites (N-methyl/N-ethyl adjacent to an activating group) is 2. The minimum absolute atomic E-state index is 0.618. The average Bonchev–Trinajstić information content (AvgIpc) is 1.97. The molecule has 0 radical (unpaired) electrons. The number of rotatable bonds is 6. The summed E-state index contributed by atoms with van der Waals surface area (Å²) in [6, 6.07) is 0.618. The van der Waals surface area contributed by atoms with Crippen molar-refractivity contribution in [2.75, 3.05) is 47.8 Å². The Balaban J connectivity index is 3.20. The summed E-state index contributed by atoms with van der Waals surface area (Å²) in [6.45, 7) is 5.48. The van der Waals surface area contributed by atoms with E-state index in [1.165, 1.54) is 0 Å². The Morgan fingerprint density at radius 1 is 1.17 bits per heavy atom. The summed E-state index contributed by atoms with van der Waals surface area (Å²) in [5.41, 5.74) is 0. The van der Waals surface area contributed by atoms with Crippen LogP contribution in [0.2, 0.25) is 0 Å². The SMILES string of the molecule is CC(CNCCN(C)C)N(C)C. The molecule has 0 aliphatic heterocycles. The van der Waals surface area contributed by atoms with Crippen molar-refractivity contribution in [1.29, 1.82) is 0 Å². The molecule has 1 unspecified atom stereocenters. The molecule has 0 rings (SSSR count). The number of hydrogen-bond donors (Lipinski definition) is 1. The van der Waals surface area contributed by atoms with Gasteiger partial charge < -0.3 is 15.1 Å². The van der Waals surface area contributed by atoms with Crippen LogP contribution in [0.1, 0.15) is 6.92 Å². The molecule has 0 amide bonds. The van der Waals surface area contributed by atoms with Crippen molar-refractivity contribution in [1.82, 2.24) is 15.1 Å². The van der Waals surface area contributed by atoms with Gasteiger partial charge in [-0.25, -0.2) is 0 Å². The second kappa shape index (κ2) is 6.40. The summed E-state index contributed by atoms with van der Waals surface area (Å²) in [5.74, 6) is 0. The first-order valence-electron chi connectivity index (χ1n) is 4.56. The molecule has 0 aliphatic carbocycles. The van der Waals surface area contributed by atoms with Crippen molar-refractivity contribution in [3.8, 4) is 0 Å². The second-order valence-electron chi connectivity index (χ2n) is 3.82. The highest BCUT2D eigenvalue weighted by atomic mass is 15.1. The first-order valence-corrected chi connectivity index (χ1v) is 4.56. The number of nitrogens with zero attached hydrogens (tertiary/aromatic N) is 2. The van der Waals surface area contributed by atoms with Crippen LogP contribution in [0.4, 0.5) is 0 Å². The van der Waals surface area contributed by atoms with E-state index in [0.717, 1.165) is 19.6 Å². The summed E-state index contributed by atoms with van der Waals surface area (Å²) < 4.78 is 0. The molecular weight excluding hydrogens is 150 g/mol. The van der Waals surface area contributed by atoms with Gasteiger partial charge in [-0.15, -0.1) is 0 Å². The fourth-order valence-electron chi connectivity index (χ4n) is 0.796. The van der Waals surface area contributed by atoms with E-state index >= 15 is 0 Å². The van der Waals surface area contributed by atoms with Crippen LogP contribution >= 0.6 is 0 Å². The minimum Gasteiger partial charge on any atom is -0.314 e. The smallest absolute Gasteiger partial charge is 0.0186 e. The van der Waals surface area contributed by atoms with Crippen LogP contribution in [0.25, 0.3) is 0 Å². The third-order valence-corrected chi connectivity index (χ3v) is 2.06. The molecular formula is C9H23N3. The van der Waals surface area contributed by atoms with Gasteiger partial charge in [-0.3, -0.25) is 0 Å². The molecule has 1 atom stereocenters. The monoisotopic (exact) mass is 173 g/mol. The molecule has 0 aliphatic rings. The zero-order valence-electron chi connectivity index (χ0n) is 9.09. The maximum Gasteiger partial charge on any atom is 0.0186 e. The van der Waals surface area contributed by atoms with Gasteiger partial charge >= 0.3 is 0 Å². The fourth-order valence-corrected chi connectivity index (χ4v) is 0.796. The summed E-state index contributed by atoms with van der Waals surface area (Å²) >= 11 is 0. The van der Waals surface area contributed by atoms with Gasteiger partial charge in [-0.2, -0.15) is 0 Å². The lowest BCUT2D eigenvalue weighted by Crippen LogP contribution is -2.37. The van der Waals surface area contributed by atoms with Crippen LogP contribution in [0.3, 0.4) is 0 Å². The predicted octanol–water partition coefficient (Wildman–Crippen LogP) is 0.0877. The minimum atomic E-state index is 0.618. The molecule has 0 fully saturated rings. The van der Waals surface area contributed by atoms with Crippen molar-refractivity contribution in [2.45, 2.75) is 13.0 Å². The molecule has 0 aromatic heterocycles. The van der Waals surface area contributed by atoms with Crippen molar-refractivity contribution in [2.24, 2.45) is 0 Å². The first kappa shape index (κ1) is 11.9. The normalized spacial score (nSPS) is 14.2. The van der Waals surface area contributed by atoms with Crippen LogP contribution in [0.5, 0.6) is 0 Å². The van der Waals surface area contributed by atoms with Crippen molar-refractivity contribution in [3.05, 3.63) is 0 Å². The van der Waals surface area contributed by atoms with E-state index in [2.05, 4.69) is 50.2 Å². The van der Waals surface area contributed by atoms with Gasteiger partial charge in [0.05, 0.1) is 0 Å². The van der Waals surface area contributed by atoms with Gasteiger partial charge in [0.25, 0.3) is 0 Å². The van der Waals surface area contributed by atoms with E-state index in [-0.39, 0.29) is 0 Å². The molecule has 0 bridgehead atoms. The Bertz CT molecular complexity index is 102. The zero-order chi connectivity index (χ0) is 9.56. The molecule has 74 valence electrons. The van der Waals surface area contributed by atoms with Crippen molar-refractivity contribution < 1.29 is 0 Å². The van der Waals surface area contributed by atoms with Gasteiger partial charge in [0, 0.05) is 25.7 Å². The Morgan fingerprint density at radius 2 is 1.75 bits per heavy atom. The maximum absolute atomic E-state index is 3.41. The van der Waals surface area contributed by atoms with Crippen molar-refractivity contribution >= 4 is 0 Å². The molecule has 0 aromatic rings. The molecule has 3 nitrogen and oxygen atoms in total. The highest BCUT2D eigenvalue weighted by Gasteiger charge is 2.02. The molecule has 0 spiro atoms. The Hall–Kier alpha value is -0.120. The van der Waals surface area contributed by atoms with Gasteiger partial charge in [-0.05, 0) is 35.1 Å². The van der Waals surface area contributed by atoms with E-state index in [0.29, 0.717) is 6.04 Å². The summed E-state index contributed by atoms with van der Waals surface area (Å²) in [6.07, 6.45) is 0. The lowest BCUT2D eigenvalue weighted by Gasteiger charge is -2.20. The summed E-state index contributed by atoms with van der Waals surface area (Å²) in [4.78, 5) is 4.41. The molecule has 0 aromatic carbocycles. The van der Waals surface area contributed by atoms with Crippen LogP contribution in [0, 0.1) is 0 Å². The topological polar surface area (TPSA) is 18.5 Å². The highest BCUT2D eigenvalue weighted by molar-refractivity contribution is 4.62. The molecule has 0 saturated heterocycles. The average molecular weight is 173 g/mol. The third kappa shape index (κ3) is 6.58. The van der Waals surface area contributed by atoms with Gasteiger partial charge in [0.1, 0.15) is 0 Å². The largest absolute Gasteiger partial charge is 0.314 e. The Morgan fingerprint density at radius 3 is 2.17 bits per heavy atom. The second-order valence-corrected chi connectivity index (χ2v) is 3.82. The summed E-state index contributed by atoms with van der Waals surface area (Å²) in [7, 11) is 8.41. The van der Waals surface area contributed by atoms with Crippen molar-refractivity contribution in [3.63, 3.8) is 0 Å². The lowest BCUT2D eigenvalue weighted by molar-refractivity contribution is 0.297. The fraction of sp³-hybridized carbons (Fsp3) is 1.00.